The smallest absolute Gasteiger partial charge is 0.416 e. The van der Waals surface area contributed by atoms with Crippen LogP contribution < -0.4 is 28.5 Å². The lowest BCUT2D eigenvalue weighted by atomic mass is 10.1. The van der Waals surface area contributed by atoms with Crippen LogP contribution >= 0.6 is 0 Å². The van der Waals surface area contributed by atoms with E-state index >= 15 is 0 Å². The summed E-state index contributed by atoms with van der Waals surface area (Å²) in [6.07, 6.45) is 0.687. The Morgan fingerprint density at radius 3 is 2.60 bits per heavy atom. The van der Waals surface area contributed by atoms with Gasteiger partial charge in [-0.05, 0) is 12.1 Å². The lowest BCUT2D eigenvalue weighted by molar-refractivity contribution is -0.671. The maximum atomic E-state index is 12.5. The van der Waals surface area contributed by atoms with Gasteiger partial charge in [0.1, 0.15) is 12.4 Å². The monoisotopic (exact) mass is 396 g/mol. The molecule has 20 heavy (non-hydrogen) atoms. The number of nitrogens with zero attached hydrogens (tertiary/aromatic N) is 2. The van der Waals surface area contributed by atoms with Crippen LogP contribution in [0.2, 0.25) is 0 Å². The van der Waals surface area contributed by atoms with E-state index in [9.17, 15) is 18.0 Å². The molecule has 0 aliphatic carbocycles. The first-order chi connectivity index (χ1) is 8.86. The molecule has 2 rings (SSSR count). The molecule has 3 nitrogen and oxygen atoms in total. The van der Waals surface area contributed by atoms with E-state index in [0.29, 0.717) is 0 Å². The summed E-state index contributed by atoms with van der Waals surface area (Å²) in [6.45, 7) is 0.0160. The van der Waals surface area contributed by atoms with Crippen LogP contribution in [-0.2, 0) is 19.8 Å². The van der Waals surface area contributed by atoms with Gasteiger partial charge in [0.25, 0.3) is 0 Å². The number of carbonyl (C=O) groups excluding carboxylic acids is 1. The van der Waals surface area contributed by atoms with Gasteiger partial charge < -0.3 is 24.0 Å². The van der Waals surface area contributed by atoms with E-state index in [4.69, 9.17) is 0 Å². The van der Waals surface area contributed by atoms with Crippen LogP contribution in [-0.4, -0.2) is 10.4 Å². The van der Waals surface area contributed by atoms with Crippen LogP contribution in [0.4, 0.5) is 13.2 Å². The van der Waals surface area contributed by atoms with E-state index in [1.165, 1.54) is 12.1 Å². The summed E-state index contributed by atoms with van der Waals surface area (Å²) in [7, 11) is 1.80. The second kappa shape index (κ2) is 6.38. The molecule has 0 saturated carbocycles. The molecule has 1 aromatic heterocycles. The molecule has 108 valence electrons. The first-order valence-electron chi connectivity index (χ1n) is 5.58. The molecule has 0 atom stereocenters. The summed E-state index contributed by atoms with van der Waals surface area (Å²) in [5.74, 6) is -0.359. The highest BCUT2D eigenvalue weighted by molar-refractivity contribution is 5.96. The van der Waals surface area contributed by atoms with Crippen LogP contribution in [0.15, 0.2) is 43.0 Å². The summed E-state index contributed by atoms with van der Waals surface area (Å²) in [5, 5.41) is 0. The van der Waals surface area contributed by atoms with Gasteiger partial charge in [0.05, 0.1) is 12.6 Å². The van der Waals surface area contributed by atoms with E-state index in [2.05, 4.69) is 0 Å². The van der Waals surface area contributed by atoms with Crippen molar-refractivity contribution in [2.24, 2.45) is 7.05 Å². The zero-order valence-corrected chi connectivity index (χ0v) is 12.7. The number of rotatable bonds is 3. The number of ketones is 1. The minimum absolute atomic E-state index is 0. The molecule has 1 aromatic carbocycles. The van der Waals surface area contributed by atoms with Crippen molar-refractivity contribution in [3.8, 4) is 0 Å². The van der Waals surface area contributed by atoms with Crippen molar-refractivity contribution in [3.05, 3.63) is 54.1 Å². The van der Waals surface area contributed by atoms with Crippen LogP contribution in [0, 0.1) is 0 Å². The summed E-state index contributed by atoms with van der Waals surface area (Å²) in [6, 6.07) is 4.46. The first kappa shape index (κ1) is 16.7. The van der Waals surface area contributed by atoms with E-state index in [-0.39, 0.29) is 41.9 Å². The average molecular weight is 396 g/mol. The predicted molar refractivity (Wildman–Crippen MR) is 61.4 cm³/mol. The van der Waals surface area contributed by atoms with Crippen LogP contribution in [0.1, 0.15) is 15.9 Å². The number of aryl methyl sites for hydroxylation is 1. The Morgan fingerprint density at radius 2 is 2.05 bits per heavy atom. The Kier molecular flexibility index (Phi) is 5.32. The van der Waals surface area contributed by atoms with Crippen LogP contribution in [0.5, 0.6) is 0 Å². The van der Waals surface area contributed by atoms with Crippen molar-refractivity contribution in [1.82, 2.24) is 4.57 Å². The van der Waals surface area contributed by atoms with Gasteiger partial charge in [0, 0.05) is 5.56 Å². The van der Waals surface area contributed by atoms with Gasteiger partial charge in [-0.15, -0.1) is 0 Å². The Morgan fingerprint density at radius 1 is 1.35 bits per heavy atom. The van der Waals surface area contributed by atoms with Gasteiger partial charge in [-0.3, -0.25) is 4.79 Å². The molecule has 0 aliphatic rings. The average Bonchev–Trinajstić information content (AvgIpc) is 2.74. The number of hydrogen-bond donors (Lipinski definition) is 0. The number of halogens is 4. The lowest BCUT2D eigenvalue weighted by Crippen LogP contribution is -3.00. The van der Waals surface area contributed by atoms with Gasteiger partial charge in [0.15, 0.2) is 6.54 Å². The number of hydrogen-bond acceptors (Lipinski definition) is 1. The molecule has 0 spiro atoms. The van der Waals surface area contributed by atoms with Crippen molar-refractivity contribution in [3.63, 3.8) is 0 Å². The molecular weight excluding hydrogens is 384 g/mol. The number of benzene rings is 1. The molecule has 0 saturated heterocycles. The fraction of sp³-hybridized carbons (Fsp3) is 0.231. The van der Waals surface area contributed by atoms with Gasteiger partial charge in [-0.1, -0.05) is 12.1 Å². The molecule has 0 radical (unpaired) electrons. The summed E-state index contributed by atoms with van der Waals surface area (Å²) < 4.78 is 41.0. The Balaban J connectivity index is 0.00000200. The summed E-state index contributed by atoms with van der Waals surface area (Å²) in [4.78, 5) is 11.9. The highest BCUT2D eigenvalue weighted by atomic mass is 127. The summed E-state index contributed by atoms with van der Waals surface area (Å²) >= 11 is 0. The number of alkyl halides is 3. The molecule has 0 aliphatic heterocycles. The third kappa shape index (κ3) is 4.06. The van der Waals surface area contributed by atoms with Crippen LogP contribution in [0.25, 0.3) is 0 Å². The Hall–Kier alpha value is -1.38. The first-order valence-corrected chi connectivity index (χ1v) is 5.58. The van der Waals surface area contributed by atoms with Gasteiger partial charge in [-0.2, -0.15) is 13.2 Å². The fourth-order valence-electron chi connectivity index (χ4n) is 1.72. The number of aromatic nitrogens is 2. The topological polar surface area (TPSA) is 25.9 Å². The second-order valence-corrected chi connectivity index (χ2v) is 4.25. The van der Waals surface area contributed by atoms with Crippen molar-refractivity contribution >= 4 is 5.78 Å². The molecule has 0 unspecified atom stereocenters. The van der Waals surface area contributed by atoms with Gasteiger partial charge in [0.2, 0.25) is 12.1 Å². The standard InChI is InChI=1S/C13H12F3N2O.HI/c1-17-5-6-18(9-17)8-12(19)10-3-2-4-11(7-10)13(14,15)16;/h2-7,9H,8H2,1H3;1H/q+1;/p-1. The molecule has 7 heteroatoms. The van der Waals surface area contributed by atoms with E-state index in [1.54, 1.807) is 34.9 Å². The van der Waals surface area contributed by atoms with E-state index < -0.39 is 11.7 Å². The van der Waals surface area contributed by atoms with Crippen molar-refractivity contribution in [1.29, 1.82) is 0 Å². The van der Waals surface area contributed by atoms with Crippen molar-refractivity contribution in [2.45, 2.75) is 12.7 Å². The maximum Gasteiger partial charge on any atom is 0.416 e. The highest BCUT2D eigenvalue weighted by Gasteiger charge is 2.30. The van der Waals surface area contributed by atoms with Crippen LogP contribution in [0.3, 0.4) is 0 Å². The fourth-order valence-corrected chi connectivity index (χ4v) is 1.72. The Bertz CT molecular complexity index is 608. The molecule has 0 amide bonds. The normalized spacial score (nSPS) is 11.0. The summed E-state index contributed by atoms with van der Waals surface area (Å²) in [5.41, 5.74) is -0.748. The largest absolute Gasteiger partial charge is 1.00 e. The lowest BCUT2D eigenvalue weighted by Gasteiger charge is -2.07. The van der Waals surface area contributed by atoms with Crippen molar-refractivity contribution < 1.29 is 46.5 Å². The quantitative estimate of drug-likeness (QED) is 0.380. The number of Topliss-reactive ketones (excluding diaryl/α,β-unsaturated/α-hetero) is 1. The molecule has 2 aromatic rings. The second-order valence-electron chi connectivity index (χ2n) is 4.25. The zero-order chi connectivity index (χ0) is 14.0. The highest BCUT2D eigenvalue weighted by Crippen LogP contribution is 2.29. The molecule has 0 bridgehead atoms. The van der Waals surface area contributed by atoms with Gasteiger partial charge in [-0.25, -0.2) is 9.13 Å². The molecule has 1 heterocycles. The van der Waals surface area contributed by atoms with Crippen molar-refractivity contribution in [2.75, 3.05) is 0 Å². The third-order valence-corrected chi connectivity index (χ3v) is 2.66. The number of imidazole rings is 1. The molecule has 0 N–H and O–H groups in total. The molecule has 0 fully saturated rings. The third-order valence-electron chi connectivity index (χ3n) is 2.66. The van der Waals surface area contributed by atoms with Gasteiger partial charge >= 0.3 is 6.18 Å². The maximum absolute atomic E-state index is 12.5. The SMILES string of the molecule is C[n+]1ccn(CC(=O)c2cccc(C(F)(F)F)c2)c1.[I-]. The minimum Gasteiger partial charge on any atom is -1.00 e. The van der Waals surface area contributed by atoms with E-state index in [1.807, 2.05) is 0 Å². The molecular formula is C13H12F3IN2O. The van der Waals surface area contributed by atoms with E-state index in [0.717, 1.165) is 12.1 Å². The number of carbonyl (C=O) groups is 1. The predicted octanol–water partition coefficient (Wildman–Crippen LogP) is -0.782. The Labute approximate surface area is 131 Å². The minimum atomic E-state index is -4.43. The zero-order valence-electron chi connectivity index (χ0n) is 10.6.